The summed E-state index contributed by atoms with van der Waals surface area (Å²) in [5, 5.41) is 10.6. The molecule has 0 fully saturated rings. The highest BCUT2D eigenvalue weighted by Crippen LogP contribution is 2.49. The molecule has 16 heavy (non-hydrogen) atoms. The molecule has 1 N–H and O–H groups in total. The van der Waals surface area contributed by atoms with Gasteiger partial charge in [0.1, 0.15) is 0 Å². The second-order valence-corrected chi connectivity index (χ2v) is 7.17. The number of hydrogen-bond acceptors (Lipinski definition) is 1. The van der Waals surface area contributed by atoms with Crippen LogP contribution >= 0.6 is 0 Å². The summed E-state index contributed by atoms with van der Waals surface area (Å²) in [6, 6.07) is 0. The fourth-order valence-electron chi connectivity index (χ4n) is 2.18. The highest BCUT2D eigenvalue weighted by molar-refractivity contribution is 5.33. The van der Waals surface area contributed by atoms with Crippen molar-refractivity contribution >= 4 is 0 Å². The van der Waals surface area contributed by atoms with Crippen LogP contribution in [-0.2, 0) is 0 Å². The Hall–Kier alpha value is -0.560. The maximum absolute atomic E-state index is 10.6. The maximum atomic E-state index is 10.6. The standard InChI is InChI=1S/C15H26O/c1-13(2,3)11-9-8-10-15(7,12(11)16)14(4,5)6/h8-10,12,16H,1-7H3. The van der Waals surface area contributed by atoms with E-state index in [1.807, 2.05) is 0 Å². The molecule has 2 unspecified atom stereocenters. The van der Waals surface area contributed by atoms with E-state index in [0.717, 1.165) is 5.57 Å². The normalized spacial score (nSPS) is 31.5. The highest BCUT2D eigenvalue weighted by Gasteiger charge is 2.45. The van der Waals surface area contributed by atoms with Crippen molar-refractivity contribution in [2.45, 2.75) is 54.6 Å². The summed E-state index contributed by atoms with van der Waals surface area (Å²) in [5.74, 6) is 0. The van der Waals surface area contributed by atoms with Crippen LogP contribution in [0.2, 0.25) is 0 Å². The Bertz CT molecular complexity index is 322. The summed E-state index contributed by atoms with van der Waals surface area (Å²) in [7, 11) is 0. The van der Waals surface area contributed by atoms with Crippen molar-refractivity contribution in [1.82, 2.24) is 0 Å². The molecule has 0 saturated heterocycles. The Kier molecular flexibility index (Phi) is 3.15. The molecular formula is C15H26O. The zero-order chi connectivity index (χ0) is 12.8. The van der Waals surface area contributed by atoms with Crippen molar-refractivity contribution in [3.05, 3.63) is 23.8 Å². The number of rotatable bonds is 0. The van der Waals surface area contributed by atoms with Gasteiger partial charge in [-0.05, 0) is 16.4 Å². The van der Waals surface area contributed by atoms with Gasteiger partial charge in [0.25, 0.3) is 0 Å². The van der Waals surface area contributed by atoms with E-state index in [4.69, 9.17) is 0 Å². The average Bonchev–Trinajstić information content (AvgIpc) is 2.05. The van der Waals surface area contributed by atoms with Crippen molar-refractivity contribution in [3.63, 3.8) is 0 Å². The molecule has 0 bridgehead atoms. The quantitative estimate of drug-likeness (QED) is 0.658. The lowest BCUT2D eigenvalue weighted by molar-refractivity contribution is 0.00737. The minimum atomic E-state index is -0.391. The van der Waals surface area contributed by atoms with Gasteiger partial charge in [-0.2, -0.15) is 0 Å². The van der Waals surface area contributed by atoms with Gasteiger partial charge in [-0.3, -0.25) is 0 Å². The lowest BCUT2D eigenvalue weighted by Crippen LogP contribution is -2.46. The van der Waals surface area contributed by atoms with E-state index < -0.39 is 6.10 Å². The van der Waals surface area contributed by atoms with Crippen LogP contribution in [0, 0.1) is 16.2 Å². The third-order valence-corrected chi connectivity index (χ3v) is 4.06. The van der Waals surface area contributed by atoms with Gasteiger partial charge >= 0.3 is 0 Å². The molecule has 1 aliphatic rings. The van der Waals surface area contributed by atoms with Gasteiger partial charge in [0.2, 0.25) is 0 Å². The molecule has 0 heterocycles. The van der Waals surface area contributed by atoms with Gasteiger partial charge in [0.05, 0.1) is 6.10 Å². The molecule has 1 nitrogen and oxygen atoms in total. The zero-order valence-corrected chi connectivity index (χ0v) is 11.8. The van der Waals surface area contributed by atoms with Crippen molar-refractivity contribution in [2.75, 3.05) is 0 Å². The van der Waals surface area contributed by atoms with Gasteiger partial charge in [-0.15, -0.1) is 0 Å². The van der Waals surface area contributed by atoms with E-state index in [2.05, 4.69) is 66.7 Å². The molecule has 0 radical (unpaired) electrons. The fourth-order valence-corrected chi connectivity index (χ4v) is 2.18. The molecule has 1 heteroatoms. The van der Waals surface area contributed by atoms with Gasteiger partial charge in [-0.25, -0.2) is 0 Å². The molecule has 0 spiro atoms. The lowest BCUT2D eigenvalue weighted by atomic mass is 9.59. The van der Waals surface area contributed by atoms with Crippen LogP contribution in [0.5, 0.6) is 0 Å². The Balaban J connectivity index is 3.18. The molecule has 1 aliphatic carbocycles. The molecule has 0 aromatic carbocycles. The highest BCUT2D eigenvalue weighted by atomic mass is 16.3. The van der Waals surface area contributed by atoms with Gasteiger partial charge < -0.3 is 5.11 Å². The second kappa shape index (κ2) is 3.73. The number of aliphatic hydroxyl groups is 1. The van der Waals surface area contributed by atoms with E-state index in [1.54, 1.807) is 0 Å². The van der Waals surface area contributed by atoms with Crippen LogP contribution in [0.3, 0.4) is 0 Å². The fraction of sp³-hybridized carbons (Fsp3) is 0.733. The van der Waals surface area contributed by atoms with Crippen LogP contribution < -0.4 is 0 Å². The first-order chi connectivity index (χ1) is 7.00. The Morgan fingerprint density at radius 2 is 1.62 bits per heavy atom. The van der Waals surface area contributed by atoms with Crippen LogP contribution in [0.1, 0.15) is 48.5 Å². The molecule has 0 aliphatic heterocycles. The molecule has 0 saturated carbocycles. The first kappa shape index (κ1) is 13.5. The SMILES string of the molecule is CC(C)(C)C1=CC=CC(C)(C(C)(C)C)C1O. The summed E-state index contributed by atoms with van der Waals surface area (Å²) in [6.07, 6.45) is 5.92. The molecular weight excluding hydrogens is 196 g/mol. The number of hydrogen-bond donors (Lipinski definition) is 1. The van der Waals surface area contributed by atoms with Gasteiger partial charge in [0.15, 0.2) is 0 Å². The smallest absolute Gasteiger partial charge is 0.0851 e. The number of aliphatic hydroxyl groups excluding tert-OH is 1. The third kappa shape index (κ3) is 2.10. The molecule has 0 aromatic rings. The minimum Gasteiger partial charge on any atom is -0.388 e. The van der Waals surface area contributed by atoms with Gasteiger partial charge in [0, 0.05) is 5.41 Å². The molecule has 2 atom stereocenters. The lowest BCUT2D eigenvalue weighted by Gasteiger charge is -2.48. The van der Waals surface area contributed by atoms with Crippen molar-refractivity contribution in [2.24, 2.45) is 16.2 Å². The van der Waals surface area contributed by atoms with Crippen molar-refractivity contribution in [3.8, 4) is 0 Å². The van der Waals surface area contributed by atoms with E-state index in [9.17, 15) is 5.11 Å². The Morgan fingerprint density at radius 1 is 1.12 bits per heavy atom. The molecule has 92 valence electrons. The predicted octanol–water partition coefficient (Wildman–Crippen LogP) is 3.94. The average molecular weight is 222 g/mol. The zero-order valence-electron chi connectivity index (χ0n) is 11.8. The van der Waals surface area contributed by atoms with Crippen LogP contribution in [-0.4, -0.2) is 11.2 Å². The molecule has 1 rings (SSSR count). The second-order valence-electron chi connectivity index (χ2n) is 7.17. The van der Waals surface area contributed by atoms with Crippen molar-refractivity contribution < 1.29 is 5.11 Å². The summed E-state index contributed by atoms with van der Waals surface area (Å²) >= 11 is 0. The van der Waals surface area contributed by atoms with Crippen LogP contribution in [0.25, 0.3) is 0 Å². The number of allylic oxidation sites excluding steroid dienone is 2. The van der Waals surface area contributed by atoms with Gasteiger partial charge in [-0.1, -0.05) is 66.7 Å². The summed E-state index contributed by atoms with van der Waals surface area (Å²) in [6.45, 7) is 15.2. The van der Waals surface area contributed by atoms with Crippen molar-refractivity contribution in [1.29, 1.82) is 0 Å². The first-order valence-corrected chi connectivity index (χ1v) is 6.08. The maximum Gasteiger partial charge on any atom is 0.0851 e. The van der Waals surface area contributed by atoms with E-state index >= 15 is 0 Å². The summed E-state index contributed by atoms with van der Waals surface area (Å²) in [5.41, 5.74) is 1.02. The van der Waals surface area contributed by atoms with E-state index in [1.165, 1.54) is 0 Å². The summed E-state index contributed by atoms with van der Waals surface area (Å²) in [4.78, 5) is 0. The van der Waals surface area contributed by atoms with Crippen LogP contribution in [0.15, 0.2) is 23.8 Å². The minimum absolute atomic E-state index is 0.0245. The Morgan fingerprint density at radius 3 is 2.00 bits per heavy atom. The first-order valence-electron chi connectivity index (χ1n) is 6.08. The largest absolute Gasteiger partial charge is 0.388 e. The molecule has 0 aromatic heterocycles. The third-order valence-electron chi connectivity index (χ3n) is 4.06. The summed E-state index contributed by atoms with van der Waals surface area (Å²) < 4.78 is 0. The van der Waals surface area contributed by atoms with Crippen LogP contribution in [0.4, 0.5) is 0 Å². The predicted molar refractivity (Wildman–Crippen MR) is 70.2 cm³/mol. The van der Waals surface area contributed by atoms with E-state index in [0.29, 0.717) is 0 Å². The topological polar surface area (TPSA) is 20.2 Å². The Labute approximate surface area is 100 Å². The molecule has 0 amide bonds. The monoisotopic (exact) mass is 222 g/mol. The van der Waals surface area contributed by atoms with E-state index in [-0.39, 0.29) is 16.2 Å².